The minimum atomic E-state index is -4.64. The number of anilines is 4. The summed E-state index contributed by atoms with van der Waals surface area (Å²) >= 11 is 4.93. The molecule has 0 spiro atoms. The van der Waals surface area contributed by atoms with E-state index in [1.54, 1.807) is 20.8 Å². The van der Waals surface area contributed by atoms with Gasteiger partial charge in [0.2, 0.25) is 23.0 Å². The predicted molar refractivity (Wildman–Crippen MR) is 314 cm³/mol. The Morgan fingerprint density at radius 3 is 1.38 bits per heavy atom. The van der Waals surface area contributed by atoms with Gasteiger partial charge in [0.25, 0.3) is 0 Å². The maximum Gasteiger partial charge on any atom is 1.00 e. The van der Waals surface area contributed by atoms with E-state index in [-0.39, 0.29) is 114 Å². The van der Waals surface area contributed by atoms with Crippen molar-refractivity contribution < 1.29 is 163 Å². The fourth-order valence-corrected chi connectivity index (χ4v) is 7.26. The van der Waals surface area contributed by atoms with Crippen LogP contribution in [-0.4, -0.2) is 124 Å². The number of alkyl halides is 12. The van der Waals surface area contributed by atoms with Gasteiger partial charge in [-0.15, -0.1) is 5.60 Å². The van der Waals surface area contributed by atoms with Crippen LogP contribution in [0.5, 0.6) is 0 Å². The van der Waals surface area contributed by atoms with Crippen molar-refractivity contribution in [3.63, 3.8) is 0 Å². The summed E-state index contributed by atoms with van der Waals surface area (Å²) in [5, 5.41) is 16.3. The Morgan fingerprint density at radius 2 is 0.969 bits per heavy atom. The molecule has 7 N–H and O–H groups in total. The van der Waals surface area contributed by atoms with Gasteiger partial charge < -0.3 is 60.7 Å². The molecule has 0 saturated carbocycles. The summed E-state index contributed by atoms with van der Waals surface area (Å²) in [6.07, 6.45) is -16.5. The van der Waals surface area contributed by atoms with E-state index in [0.717, 1.165) is 90.2 Å². The number of nitrogens with two attached hydrogens (primary N) is 1. The topological polar surface area (TPSA) is 360 Å². The number of halogens is 13. The Balaban J connectivity index is 0. The van der Waals surface area contributed by atoms with Gasteiger partial charge in [0.05, 0.1) is 98.8 Å². The van der Waals surface area contributed by atoms with Crippen molar-refractivity contribution in [2.24, 2.45) is 5.92 Å². The summed E-state index contributed by atoms with van der Waals surface area (Å²) in [5.74, 6) is -7.95. The van der Waals surface area contributed by atoms with Gasteiger partial charge >= 0.3 is 73.4 Å². The molecule has 1 saturated heterocycles. The summed E-state index contributed by atoms with van der Waals surface area (Å²) in [4.78, 5) is 124. The molecule has 1 fully saturated rings. The van der Waals surface area contributed by atoms with E-state index in [2.05, 4.69) is 39.6 Å². The van der Waals surface area contributed by atoms with Crippen molar-refractivity contribution in [2.45, 2.75) is 109 Å². The first-order valence-electron chi connectivity index (χ1n) is 27.2. The number of carbonyl (C=O) groups excluding carboxylic acids is 11. The third-order valence-electron chi connectivity index (χ3n) is 11.8. The Morgan fingerprint density at radius 1 is 0.567 bits per heavy atom. The second-order valence-corrected chi connectivity index (χ2v) is 20.6. The number of amides is 3. The van der Waals surface area contributed by atoms with Crippen LogP contribution in [0.4, 0.5) is 75.4 Å². The molecule has 7 rings (SSSR count). The zero-order valence-electron chi connectivity index (χ0n) is 53.1. The van der Waals surface area contributed by atoms with Crippen molar-refractivity contribution in [3.05, 3.63) is 117 Å². The molecule has 4 aromatic carbocycles. The zero-order chi connectivity index (χ0) is 73.0. The molecule has 3 aliphatic heterocycles. The van der Waals surface area contributed by atoms with Gasteiger partial charge in [-0.1, -0.05) is 20.8 Å². The Labute approximate surface area is 562 Å². The van der Waals surface area contributed by atoms with Crippen LogP contribution in [0.25, 0.3) is 0 Å². The number of rotatable bonds is 10. The predicted octanol–water partition coefficient (Wildman–Crippen LogP) is 6.92. The van der Waals surface area contributed by atoms with Crippen LogP contribution < -0.4 is 45.7 Å². The number of Topliss-reactive ketones (excluding diaryl/α,β-unsaturated/α-hetero) is 2. The first-order chi connectivity index (χ1) is 43.8. The molecule has 0 aliphatic carbocycles. The molecule has 1 unspecified atom stereocenters. The molecule has 1 atom stereocenters. The average molecular weight is 1420 g/mol. The van der Waals surface area contributed by atoms with Crippen LogP contribution in [-0.2, 0) is 86.7 Å². The van der Waals surface area contributed by atoms with E-state index < -0.39 is 123 Å². The van der Waals surface area contributed by atoms with Gasteiger partial charge in [-0.25, -0.2) is 9.59 Å². The first-order valence-corrected chi connectivity index (χ1v) is 27.6. The van der Waals surface area contributed by atoms with Crippen LogP contribution in [0.15, 0.2) is 72.8 Å². The molecule has 0 bridgehead atoms. The van der Waals surface area contributed by atoms with Gasteiger partial charge in [-0.3, -0.25) is 43.2 Å². The minimum Gasteiger partial charge on any atom is -0.850 e. The number of hydrogen-bond acceptors (Lipinski definition) is 19. The van der Waals surface area contributed by atoms with Crippen molar-refractivity contribution in [3.8, 4) is 0 Å². The quantitative estimate of drug-likeness (QED) is 0.0238. The van der Waals surface area contributed by atoms with E-state index >= 15 is 0 Å². The summed E-state index contributed by atoms with van der Waals surface area (Å²) in [7, 11) is 5.65. The first kappa shape index (κ1) is 90.4. The molecule has 532 valence electrons. The number of esters is 5. The van der Waals surface area contributed by atoms with E-state index in [9.17, 15) is 111 Å². The Bertz CT molecular complexity index is 3360. The monoisotopic (exact) mass is 1420 g/mol. The molecule has 97 heavy (non-hydrogen) atoms. The molecule has 3 amide bonds. The SMILES string of the molecule is C1CCOC1.CC(C)(C)[O-].COC(=O)C1CC(=O)Nc2cc(C(F)(F)F)ccc2C1=O.COC(=O)CCC(=O)Cl.COC(=O)CCC(=O)Nc1cc(C(F)(F)F)ccc1C(=O)OC.COC(=O)c1ccc(C(F)(F)F)cc1N.O.O=C1CCC(=O)c2ccc(C(F)(F)F)cc2N1.[Li+]. The number of ketones is 2. The second-order valence-electron chi connectivity index (χ2n) is 20.2. The average Bonchev–Trinajstić information content (AvgIpc) is 1.80. The molecule has 3 heterocycles. The number of benzene rings is 4. The molecule has 4 aromatic rings. The fourth-order valence-electron chi connectivity index (χ4n) is 7.17. The standard InChI is InChI=1S/C14H14F3NO5.C13H10F3NO4.C11H8F3NO2.C9H8F3NO2.C5H7ClO3.C4H8O.C4H9O.Li.H2O/c1-22-12(20)6-5-11(19)18-10-7-8(14(15,16)17)3-4-9(10)13(21)23-2;1-21-12(20)8-5-10(18)17-9-4-6(13(14,15)16)2-3-7(9)11(8)19;12-11(13,14)6-1-2-7-8(5-6)15-10(17)4-3-9(7)16;1-15-8(14)6-3-2-5(4-7(6)13)9(10,11)12;1-9-5(8)3-2-4(6)7;1-2-4-5-3-1;1-4(2,3)5;;/h3-4,7H,5-6H2,1-2H3,(H,18,19);2-4,8H,5H2,1H3,(H,17,18);1-2,5H,3-4H2,(H,15,17);2-4H,13H2,1H3;2-3H2,1H3;1-4H2;1-3H3;;1H2/q;;;;;;-1;+1;. The van der Waals surface area contributed by atoms with Crippen molar-refractivity contribution in [1.29, 1.82) is 0 Å². The number of nitrogens with one attached hydrogen (secondary N) is 3. The normalized spacial score (nSPS) is 13.8. The molecule has 37 heteroatoms. The van der Waals surface area contributed by atoms with Crippen molar-refractivity contribution in [1.82, 2.24) is 0 Å². The Kier molecular flexibility index (Phi) is 38.7. The summed E-state index contributed by atoms with van der Waals surface area (Å²) in [6.45, 7) is 6.90. The van der Waals surface area contributed by atoms with Crippen molar-refractivity contribution >= 4 is 98.7 Å². The van der Waals surface area contributed by atoms with Gasteiger partial charge in [-0.05, 0) is 97.2 Å². The maximum atomic E-state index is 12.7. The van der Waals surface area contributed by atoms with Gasteiger partial charge in [0.1, 0.15) is 5.92 Å². The molecular weight excluding hydrogens is 1350 g/mol. The van der Waals surface area contributed by atoms with E-state index in [4.69, 9.17) is 22.1 Å². The molecule has 23 nitrogen and oxygen atoms in total. The van der Waals surface area contributed by atoms with Gasteiger partial charge in [0, 0.05) is 62.1 Å². The van der Waals surface area contributed by atoms with Gasteiger partial charge in [-0.2, -0.15) is 52.7 Å². The van der Waals surface area contributed by atoms with E-state index in [1.807, 2.05) is 0 Å². The summed E-state index contributed by atoms with van der Waals surface area (Å²) < 4.78 is 177. The smallest absolute Gasteiger partial charge is 0.850 e. The van der Waals surface area contributed by atoms with Gasteiger partial charge in [0.15, 0.2) is 11.6 Å². The van der Waals surface area contributed by atoms with Crippen LogP contribution in [0.2, 0.25) is 0 Å². The number of fused-ring (bicyclic) bond motifs is 2. The number of nitrogen functional groups attached to an aromatic ring is 1. The number of carbonyl (C=O) groups is 11. The summed E-state index contributed by atoms with van der Waals surface area (Å²) in [5.41, 5.74) is -0.511. The number of hydrogen-bond donors (Lipinski definition) is 4. The Hall–Kier alpha value is -8.62. The maximum absolute atomic E-state index is 12.7. The van der Waals surface area contributed by atoms with Crippen LogP contribution >= 0.6 is 11.6 Å². The molecule has 0 radical (unpaired) electrons. The number of ether oxygens (including phenoxy) is 6. The fraction of sp³-hybridized carbons (Fsp3) is 0.417. The van der Waals surface area contributed by atoms with Crippen LogP contribution in [0, 0.1) is 5.92 Å². The molecule has 3 aliphatic rings. The minimum absolute atomic E-state index is 0. The largest absolute Gasteiger partial charge is 1.00 e. The number of methoxy groups -OCH3 is 5. The third kappa shape index (κ3) is 33.7. The second kappa shape index (κ2) is 41.5. The molecular formula is C60H66ClF12LiN4O19. The van der Waals surface area contributed by atoms with E-state index in [0.29, 0.717) is 24.3 Å². The van der Waals surface area contributed by atoms with Crippen LogP contribution in [0.3, 0.4) is 0 Å². The van der Waals surface area contributed by atoms with Crippen LogP contribution in [0.1, 0.15) is 142 Å². The molecule has 0 aromatic heterocycles. The third-order valence-corrected chi connectivity index (χ3v) is 11.9. The summed E-state index contributed by atoms with van der Waals surface area (Å²) in [6, 6.07) is 9.79. The van der Waals surface area contributed by atoms with E-state index in [1.165, 1.54) is 20.0 Å². The zero-order valence-corrected chi connectivity index (χ0v) is 53.9. The van der Waals surface area contributed by atoms with Crippen molar-refractivity contribution in [2.75, 3.05) is 70.4 Å².